The van der Waals surface area contributed by atoms with Gasteiger partial charge in [-0.05, 0) is 12.5 Å². The number of rotatable bonds is 2. The number of nitrogens with zero attached hydrogens (tertiary/aromatic N) is 3. The highest BCUT2D eigenvalue weighted by molar-refractivity contribution is 5.84. The average molecular weight is 216 g/mol. The zero-order chi connectivity index (χ0) is 11.5. The lowest BCUT2D eigenvalue weighted by atomic mass is 10.2. The molecule has 1 unspecified atom stereocenters. The first-order chi connectivity index (χ1) is 7.68. The number of amidine groups is 1. The van der Waals surface area contributed by atoms with E-state index in [9.17, 15) is 0 Å². The molecule has 0 bridgehead atoms. The van der Waals surface area contributed by atoms with E-state index in [2.05, 4.69) is 5.10 Å². The van der Waals surface area contributed by atoms with Crippen molar-refractivity contribution in [3.8, 4) is 0 Å². The van der Waals surface area contributed by atoms with E-state index in [1.165, 1.54) is 0 Å². The summed E-state index contributed by atoms with van der Waals surface area (Å²) in [6.45, 7) is 2.63. The zero-order valence-electron chi connectivity index (χ0n) is 9.59. The van der Waals surface area contributed by atoms with Crippen LogP contribution in [0.3, 0.4) is 0 Å². The van der Waals surface area contributed by atoms with Crippen LogP contribution in [0.25, 0.3) is 0 Å². The summed E-state index contributed by atoms with van der Waals surface area (Å²) >= 11 is 0. The molecule has 0 radical (unpaired) electrons. The van der Waals surface area contributed by atoms with Crippen molar-refractivity contribution in [2.75, 3.05) is 13.6 Å². The molecule has 0 aliphatic carbocycles. The molecule has 0 aromatic heterocycles. The van der Waals surface area contributed by atoms with Crippen LogP contribution in [0.4, 0.5) is 0 Å². The van der Waals surface area contributed by atoms with Gasteiger partial charge in [0.2, 0.25) is 0 Å². The maximum absolute atomic E-state index is 7.71. The van der Waals surface area contributed by atoms with Crippen LogP contribution in [-0.2, 0) is 0 Å². The van der Waals surface area contributed by atoms with Crippen molar-refractivity contribution in [2.45, 2.75) is 13.1 Å². The van der Waals surface area contributed by atoms with Crippen LogP contribution >= 0.6 is 0 Å². The van der Waals surface area contributed by atoms with E-state index in [1.807, 2.05) is 60.4 Å². The largest absolute Gasteiger partial charge is 0.341 e. The number of nitrogens with one attached hydrogen (secondary N) is 1. The molecule has 0 spiro atoms. The minimum Gasteiger partial charge on any atom is -0.341 e. The van der Waals surface area contributed by atoms with Crippen LogP contribution in [0, 0.1) is 5.41 Å². The van der Waals surface area contributed by atoms with E-state index in [0.29, 0.717) is 12.4 Å². The Kier molecular flexibility index (Phi) is 2.90. The Hall–Kier alpha value is -1.84. The van der Waals surface area contributed by atoms with Gasteiger partial charge in [-0.1, -0.05) is 30.3 Å². The maximum atomic E-state index is 7.71. The predicted molar refractivity (Wildman–Crippen MR) is 65.7 cm³/mol. The van der Waals surface area contributed by atoms with Gasteiger partial charge in [-0.25, -0.2) is 0 Å². The number of hydrogen-bond donors (Lipinski definition) is 1. The molecule has 2 rings (SSSR count). The van der Waals surface area contributed by atoms with Crippen molar-refractivity contribution in [2.24, 2.45) is 5.10 Å². The van der Waals surface area contributed by atoms with Crippen LogP contribution in [0.5, 0.6) is 0 Å². The van der Waals surface area contributed by atoms with E-state index in [0.717, 1.165) is 5.56 Å². The zero-order valence-corrected chi connectivity index (χ0v) is 9.59. The second-order valence-electron chi connectivity index (χ2n) is 3.94. The van der Waals surface area contributed by atoms with Gasteiger partial charge in [-0.15, -0.1) is 0 Å². The normalized spacial score (nSPS) is 21.1. The highest BCUT2D eigenvalue weighted by Gasteiger charge is 2.27. The molecule has 0 amide bonds. The molecule has 4 nitrogen and oxygen atoms in total. The summed E-state index contributed by atoms with van der Waals surface area (Å²) in [5.74, 6) is 0.609. The molecule has 0 saturated carbocycles. The summed E-state index contributed by atoms with van der Waals surface area (Å²) in [5, 5.41) is 14.0. The van der Waals surface area contributed by atoms with E-state index in [-0.39, 0.29) is 6.17 Å². The average Bonchev–Trinajstić information content (AvgIpc) is 2.56. The van der Waals surface area contributed by atoms with Crippen LogP contribution in [0.1, 0.15) is 12.5 Å². The third-order valence-electron chi connectivity index (χ3n) is 2.88. The molecule has 1 aromatic rings. The SMILES string of the molecule is CC1N(N=Cc2ccccc2)CC(=N)N1C. The molecule has 1 aliphatic rings. The standard InChI is InChI=1S/C12H16N4/c1-10-15(2)12(13)9-16(10)14-8-11-6-4-3-5-7-11/h3-8,10,13H,9H2,1-2H3. The van der Waals surface area contributed by atoms with Crippen molar-refractivity contribution in [1.82, 2.24) is 9.91 Å². The van der Waals surface area contributed by atoms with Crippen molar-refractivity contribution in [3.05, 3.63) is 35.9 Å². The van der Waals surface area contributed by atoms with Gasteiger partial charge in [0.15, 0.2) is 0 Å². The lowest BCUT2D eigenvalue weighted by Gasteiger charge is -2.21. The first-order valence-corrected chi connectivity index (χ1v) is 5.34. The van der Waals surface area contributed by atoms with Crippen molar-refractivity contribution >= 4 is 12.1 Å². The quantitative estimate of drug-likeness (QED) is 0.763. The Morgan fingerprint density at radius 3 is 2.62 bits per heavy atom. The predicted octanol–water partition coefficient (Wildman–Crippen LogP) is 1.59. The fraction of sp³-hybridized carbons (Fsp3) is 0.333. The fourth-order valence-electron chi connectivity index (χ4n) is 1.64. The third-order valence-corrected chi connectivity index (χ3v) is 2.88. The number of hydrazone groups is 1. The summed E-state index contributed by atoms with van der Waals surface area (Å²) in [4.78, 5) is 1.92. The van der Waals surface area contributed by atoms with Gasteiger partial charge in [-0.3, -0.25) is 10.4 Å². The van der Waals surface area contributed by atoms with Gasteiger partial charge in [0.05, 0.1) is 12.8 Å². The summed E-state index contributed by atoms with van der Waals surface area (Å²) in [6.07, 6.45) is 2.00. The van der Waals surface area contributed by atoms with E-state index < -0.39 is 0 Å². The molecule has 4 heteroatoms. The van der Waals surface area contributed by atoms with Gasteiger partial charge in [0, 0.05) is 7.05 Å². The molecular weight excluding hydrogens is 200 g/mol. The van der Waals surface area contributed by atoms with Gasteiger partial charge < -0.3 is 4.90 Å². The Balaban J connectivity index is 2.06. The topological polar surface area (TPSA) is 42.7 Å². The number of likely N-dealkylation sites (N-methyl/N-ethyl adjacent to an activating group) is 1. The highest BCUT2D eigenvalue weighted by atomic mass is 15.6. The van der Waals surface area contributed by atoms with E-state index in [4.69, 9.17) is 5.41 Å². The van der Waals surface area contributed by atoms with E-state index in [1.54, 1.807) is 0 Å². The second kappa shape index (κ2) is 4.35. The van der Waals surface area contributed by atoms with Crippen LogP contribution in [0.2, 0.25) is 0 Å². The van der Waals surface area contributed by atoms with Crippen LogP contribution in [-0.4, -0.2) is 41.7 Å². The summed E-state index contributed by atoms with van der Waals surface area (Å²) in [6, 6.07) is 9.99. The third kappa shape index (κ3) is 2.05. The first kappa shape index (κ1) is 10.7. The minimum atomic E-state index is 0.160. The Labute approximate surface area is 95.7 Å². The minimum absolute atomic E-state index is 0.160. The smallest absolute Gasteiger partial charge is 0.119 e. The van der Waals surface area contributed by atoms with E-state index >= 15 is 0 Å². The molecule has 1 atom stereocenters. The lowest BCUT2D eigenvalue weighted by Crippen LogP contribution is -2.31. The van der Waals surface area contributed by atoms with Crippen molar-refractivity contribution in [3.63, 3.8) is 0 Å². The van der Waals surface area contributed by atoms with Gasteiger partial charge in [0.1, 0.15) is 12.0 Å². The van der Waals surface area contributed by atoms with Crippen LogP contribution in [0.15, 0.2) is 35.4 Å². The molecule has 1 aromatic carbocycles. The highest BCUT2D eigenvalue weighted by Crippen LogP contribution is 2.13. The van der Waals surface area contributed by atoms with Crippen LogP contribution < -0.4 is 0 Å². The monoisotopic (exact) mass is 216 g/mol. The van der Waals surface area contributed by atoms with Gasteiger partial charge >= 0.3 is 0 Å². The molecular formula is C12H16N4. The maximum Gasteiger partial charge on any atom is 0.119 e. The second-order valence-corrected chi connectivity index (χ2v) is 3.94. The molecule has 1 fully saturated rings. The van der Waals surface area contributed by atoms with Gasteiger partial charge in [-0.2, -0.15) is 5.10 Å². The number of hydrogen-bond acceptors (Lipinski definition) is 3. The fourth-order valence-corrected chi connectivity index (χ4v) is 1.64. The molecule has 16 heavy (non-hydrogen) atoms. The lowest BCUT2D eigenvalue weighted by molar-refractivity contribution is 0.195. The van der Waals surface area contributed by atoms with Crippen molar-refractivity contribution < 1.29 is 0 Å². The molecule has 1 N–H and O–H groups in total. The Morgan fingerprint density at radius 1 is 1.38 bits per heavy atom. The first-order valence-electron chi connectivity index (χ1n) is 5.34. The Bertz CT molecular complexity index is 399. The Morgan fingerprint density at radius 2 is 2.06 bits per heavy atom. The molecule has 1 heterocycles. The summed E-state index contributed by atoms with van der Waals surface area (Å²) in [5.41, 5.74) is 1.08. The summed E-state index contributed by atoms with van der Waals surface area (Å²) < 4.78 is 0. The van der Waals surface area contributed by atoms with Crippen molar-refractivity contribution in [1.29, 1.82) is 5.41 Å². The molecule has 1 aliphatic heterocycles. The van der Waals surface area contributed by atoms with Gasteiger partial charge in [0.25, 0.3) is 0 Å². The molecule has 84 valence electrons. The molecule has 1 saturated heterocycles. The summed E-state index contributed by atoms with van der Waals surface area (Å²) in [7, 11) is 1.92. The number of benzene rings is 1.